The van der Waals surface area contributed by atoms with Gasteiger partial charge in [-0.1, -0.05) is 36.4 Å². The number of hydrogen-bond donors (Lipinski definition) is 2. The highest BCUT2D eigenvalue weighted by molar-refractivity contribution is 5.95. The van der Waals surface area contributed by atoms with Gasteiger partial charge < -0.3 is 15.4 Å². The van der Waals surface area contributed by atoms with E-state index >= 15 is 0 Å². The molecule has 2 N–H and O–H groups in total. The van der Waals surface area contributed by atoms with Gasteiger partial charge in [-0.05, 0) is 23.6 Å². The molecule has 0 atom stereocenters. The third-order valence-electron chi connectivity index (χ3n) is 4.15. The van der Waals surface area contributed by atoms with Crippen molar-refractivity contribution >= 4 is 28.1 Å². The van der Waals surface area contributed by atoms with Crippen molar-refractivity contribution < 1.29 is 14.5 Å². The summed E-state index contributed by atoms with van der Waals surface area (Å²) in [6.45, 7) is 0.903. The fraction of sp³-hybridized carbons (Fsp3) is 0.150. The highest BCUT2D eigenvalue weighted by Crippen LogP contribution is 2.27. The molecule has 0 unspecified atom stereocenters. The largest absolute Gasteiger partial charge is 0.490 e. The lowest BCUT2D eigenvalue weighted by Gasteiger charge is -2.11. The Hall–Kier alpha value is -3.61. The molecule has 27 heavy (non-hydrogen) atoms. The van der Waals surface area contributed by atoms with Crippen LogP contribution < -0.4 is 15.4 Å². The van der Waals surface area contributed by atoms with Crippen molar-refractivity contribution in [3.05, 3.63) is 76.3 Å². The Balaban J connectivity index is 1.60. The Morgan fingerprint density at radius 3 is 2.63 bits per heavy atom. The second kappa shape index (κ2) is 8.18. The van der Waals surface area contributed by atoms with Crippen molar-refractivity contribution in [1.29, 1.82) is 0 Å². The number of nitrogens with one attached hydrogen (secondary N) is 2. The number of nitro groups is 1. The maximum absolute atomic E-state index is 12.2. The maximum atomic E-state index is 12.2. The normalized spacial score (nSPS) is 10.4. The van der Waals surface area contributed by atoms with E-state index in [-0.39, 0.29) is 22.9 Å². The molecule has 0 bridgehead atoms. The fourth-order valence-corrected chi connectivity index (χ4v) is 2.83. The molecule has 0 fully saturated rings. The summed E-state index contributed by atoms with van der Waals surface area (Å²) in [5.74, 6) is -0.255. The Kier molecular flexibility index (Phi) is 5.51. The summed E-state index contributed by atoms with van der Waals surface area (Å²) in [5, 5.41) is 19.4. The van der Waals surface area contributed by atoms with Crippen LogP contribution >= 0.6 is 0 Å². The van der Waals surface area contributed by atoms with Gasteiger partial charge in [0.25, 0.3) is 5.91 Å². The van der Waals surface area contributed by atoms with Gasteiger partial charge in [0.05, 0.1) is 12.0 Å². The summed E-state index contributed by atoms with van der Waals surface area (Å²) in [6.07, 6.45) is 0. The molecule has 0 radical (unpaired) electrons. The molecule has 0 heterocycles. The average Bonchev–Trinajstić information content (AvgIpc) is 2.70. The molecule has 3 aromatic rings. The van der Waals surface area contributed by atoms with Crippen LogP contribution in [-0.4, -0.2) is 31.0 Å². The van der Waals surface area contributed by atoms with Crippen LogP contribution in [0.4, 0.5) is 11.4 Å². The number of methoxy groups -OCH3 is 1. The predicted octanol–water partition coefficient (Wildman–Crippen LogP) is 3.60. The lowest BCUT2D eigenvalue weighted by Crippen LogP contribution is -2.28. The molecule has 0 spiro atoms. The summed E-state index contributed by atoms with van der Waals surface area (Å²) in [4.78, 5) is 22.7. The number of benzene rings is 3. The average molecular weight is 365 g/mol. The number of nitro benzene ring substituents is 1. The molecule has 0 aliphatic carbocycles. The van der Waals surface area contributed by atoms with Crippen molar-refractivity contribution in [3.63, 3.8) is 0 Å². The number of anilines is 1. The minimum atomic E-state index is -0.572. The molecule has 0 aromatic heterocycles. The summed E-state index contributed by atoms with van der Waals surface area (Å²) < 4.78 is 4.94. The third-order valence-corrected chi connectivity index (χ3v) is 4.15. The summed E-state index contributed by atoms with van der Waals surface area (Å²) in [5.41, 5.74) is 0.967. The van der Waals surface area contributed by atoms with Gasteiger partial charge in [-0.25, -0.2) is 0 Å². The zero-order chi connectivity index (χ0) is 19.2. The van der Waals surface area contributed by atoms with E-state index in [1.54, 1.807) is 0 Å². The maximum Gasteiger partial charge on any atom is 0.311 e. The second-order valence-electron chi connectivity index (χ2n) is 5.85. The first-order valence-electron chi connectivity index (χ1n) is 8.42. The van der Waals surface area contributed by atoms with Crippen molar-refractivity contribution in [2.45, 2.75) is 0 Å². The third kappa shape index (κ3) is 4.14. The molecule has 3 rings (SSSR count). The highest BCUT2D eigenvalue weighted by atomic mass is 16.6. The van der Waals surface area contributed by atoms with E-state index in [4.69, 9.17) is 4.74 Å². The first-order valence-corrected chi connectivity index (χ1v) is 8.42. The lowest BCUT2D eigenvalue weighted by atomic mass is 10.1. The Labute approximate surface area is 156 Å². The molecule has 3 aromatic carbocycles. The van der Waals surface area contributed by atoms with Crippen LogP contribution in [0.3, 0.4) is 0 Å². The number of fused-ring (bicyclic) bond motifs is 1. The zero-order valence-corrected chi connectivity index (χ0v) is 14.8. The zero-order valence-electron chi connectivity index (χ0n) is 14.8. The van der Waals surface area contributed by atoms with E-state index in [2.05, 4.69) is 10.6 Å². The van der Waals surface area contributed by atoms with Crippen molar-refractivity contribution in [2.24, 2.45) is 0 Å². The molecular formula is C20H19N3O4. The first-order chi connectivity index (χ1) is 13.1. The number of ether oxygens (including phenoxy) is 1. The van der Waals surface area contributed by atoms with E-state index < -0.39 is 4.92 Å². The Bertz CT molecular complexity index is 983. The van der Waals surface area contributed by atoms with Crippen LogP contribution in [0.2, 0.25) is 0 Å². The van der Waals surface area contributed by atoms with E-state index in [0.717, 1.165) is 16.5 Å². The highest BCUT2D eigenvalue weighted by Gasteiger charge is 2.17. The van der Waals surface area contributed by atoms with Crippen molar-refractivity contribution in [1.82, 2.24) is 5.32 Å². The van der Waals surface area contributed by atoms with Crippen LogP contribution in [0.15, 0.2) is 60.7 Å². The van der Waals surface area contributed by atoms with Gasteiger partial charge >= 0.3 is 5.69 Å². The standard InChI is InChI=1S/C20H19N3O4/c1-27-19-10-9-15(13-18(19)23(25)26)20(24)22-12-11-21-17-8-4-6-14-5-2-3-7-16(14)17/h2-10,13,21H,11-12H2,1H3,(H,22,24). The van der Waals surface area contributed by atoms with Gasteiger partial charge in [0.15, 0.2) is 5.75 Å². The predicted molar refractivity (Wildman–Crippen MR) is 104 cm³/mol. The fourth-order valence-electron chi connectivity index (χ4n) is 2.83. The molecule has 0 aliphatic heterocycles. The number of carbonyl (C=O) groups excluding carboxylic acids is 1. The quantitative estimate of drug-likeness (QED) is 0.379. The summed E-state index contributed by atoms with van der Waals surface area (Å²) in [6, 6.07) is 18.2. The van der Waals surface area contributed by atoms with Gasteiger partial charge in [-0.15, -0.1) is 0 Å². The van der Waals surface area contributed by atoms with Crippen LogP contribution in [-0.2, 0) is 0 Å². The molecule has 138 valence electrons. The summed E-state index contributed by atoms with van der Waals surface area (Å²) in [7, 11) is 1.35. The molecule has 1 amide bonds. The van der Waals surface area contributed by atoms with Crippen LogP contribution in [0, 0.1) is 10.1 Å². The van der Waals surface area contributed by atoms with Gasteiger partial charge in [0, 0.05) is 35.8 Å². The van der Waals surface area contributed by atoms with Gasteiger partial charge in [-0.2, -0.15) is 0 Å². The number of amides is 1. The van der Waals surface area contributed by atoms with Crippen molar-refractivity contribution in [2.75, 3.05) is 25.5 Å². The first kappa shape index (κ1) is 18.2. The molecule has 7 nitrogen and oxygen atoms in total. The van der Waals surface area contributed by atoms with Crippen LogP contribution in [0.1, 0.15) is 10.4 Å². The van der Waals surface area contributed by atoms with Gasteiger partial charge in [-0.3, -0.25) is 14.9 Å². The van der Waals surface area contributed by atoms with E-state index in [1.807, 2.05) is 42.5 Å². The number of carbonyl (C=O) groups is 1. The van der Waals surface area contributed by atoms with E-state index in [0.29, 0.717) is 13.1 Å². The SMILES string of the molecule is COc1ccc(C(=O)NCCNc2cccc3ccccc23)cc1[N+](=O)[O-]. The molecular weight excluding hydrogens is 346 g/mol. The Morgan fingerprint density at radius 2 is 1.85 bits per heavy atom. The number of nitrogens with zero attached hydrogens (tertiary/aromatic N) is 1. The number of rotatable bonds is 7. The van der Waals surface area contributed by atoms with Gasteiger partial charge in [0.1, 0.15) is 0 Å². The lowest BCUT2D eigenvalue weighted by molar-refractivity contribution is -0.385. The monoisotopic (exact) mass is 365 g/mol. The summed E-state index contributed by atoms with van der Waals surface area (Å²) >= 11 is 0. The van der Waals surface area contributed by atoms with Crippen LogP contribution in [0.25, 0.3) is 10.8 Å². The van der Waals surface area contributed by atoms with E-state index in [9.17, 15) is 14.9 Å². The number of hydrogen-bond acceptors (Lipinski definition) is 5. The van der Waals surface area contributed by atoms with Gasteiger partial charge in [0.2, 0.25) is 0 Å². The molecule has 7 heteroatoms. The topological polar surface area (TPSA) is 93.5 Å². The second-order valence-corrected chi connectivity index (χ2v) is 5.85. The van der Waals surface area contributed by atoms with Crippen molar-refractivity contribution in [3.8, 4) is 5.75 Å². The Morgan fingerprint density at radius 1 is 1.07 bits per heavy atom. The van der Waals surface area contributed by atoms with Crippen LogP contribution in [0.5, 0.6) is 5.75 Å². The smallest absolute Gasteiger partial charge is 0.311 e. The molecule has 0 saturated heterocycles. The van der Waals surface area contributed by atoms with E-state index in [1.165, 1.54) is 25.3 Å². The minimum absolute atomic E-state index is 0.120. The minimum Gasteiger partial charge on any atom is -0.490 e. The molecule has 0 saturated carbocycles. The molecule has 0 aliphatic rings.